The monoisotopic (exact) mass is 425 g/mol. The summed E-state index contributed by atoms with van der Waals surface area (Å²) >= 11 is 0. The van der Waals surface area contributed by atoms with Gasteiger partial charge in [-0.3, -0.25) is 9.80 Å². The molecule has 1 amide bonds. The summed E-state index contributed by atoms with van der Waals surface area (Å²) in [6, 6.07) is 12.3. The normalized spacial score (nSPS) is 19.0. The number of hydrogen-bond acceptors (Lipinski definition) is 4. The Kier molecular flexibility index (Phi) is 6.16. The fourth-order valence-electron chi connectivity index (χ4n) is 3.90. The minimum absolute atomic E-state index is 0.0336. The number of hydrogen-bond donors (Lipinski definition) is 0. The van der Waals surface area contributed by atoms with Crippen molar-refractivity contribution >= 4 is 17.4 Å². The topological polar surface area (TPSA) is 81.5 Å². The van der Waals surface area contributed by atoms with Crippen LogP contribution >= 0.6 is 0 Å². The van der Waals surface area contributed by atoms with Crippen LogP contribution in [-0.2, 0) is 11.3 Å². The van der Waals surface area contributed by atoms with Gasteiger partial charge in [-0.05, 0) is 35.2 Å². The standard InChI is InChI=1S/C22H21F2N5O2/c23-19-10-17(29-14-18(12-26-27-25)31-22(29)30)11-20(24)21(19)16-6-8-28(9-7-16)13-15-4-2-1-3-5-15/h1-6,10-11,18H,7-9,12-14H2/t18-/m0/s1. The number of carbonyl (C=O) groups excluding carboxylic acids is 1. The number of nitrogens with zero attached hydrogens (tertiary/aromatic N) is 5. The lowest BCUT2D eigenvalue weighted by Crippen LogP contribution is -2.28. The van der Waals surface area contributed by atoms with Crippen LogP contribution in [0.5, 0.6) is 0 Å². The molecule has 1 saturated heterocycles. The van der Waals surface area contributed by atoms with Crippen LogP contribution in [0.15, 0.2) is 53.7 Å². The van der Waals surface area contributed by atoms with E-state index in [0.29, 0.717) is 25.1 Å². The third-order valence-electron chi connectivity index (χ3n) is 5.42. The van der Waals surface area contributed by atoms with Gasteiger partial charge in [0.2, 0.25) is 0 Å². The lowest BCUT2D eigenvalue weighted by Gasteiger charge is -2.27. The Balaban J connectivity index is 1.48. The summed E-state index contributed by atoms with van der Waals surface area (Å²) < 4.78 is 34.8. The molecular formula is C22H21F2N5O2. The molecule has 0 aromatic heterocycles. The van der Waals surface area contributed by atoms with Crippen LogP contribution in [0.4, 0.5) is 19.3 Å². The zero-order chi connectivity index (χ0) is 21.8. The van der Waals surface area contributed by atoms with Crippen molar-refractivity contribution in [1.29, 1.82) is 0 Å². The van der Waals surface area contributed by atoms with Crippen LogP contribution in [0.1, 0.15) is 17.5 Å². The molecule has 4 rings (SSSR count). The van der Waals surface area contributed by atoms with Gasteiger partial charge in [0, 0.05) is 30.1 Å². The van der Waals surface area contributed by atoms with Crippen LogP contribution in [0.3, 0.4) is 0 Å². The summed E-state index contributed by atoms with van der Waals surface area (Å²) in [7, 11) is 0. The van der Waals surface area contributed by atoms with Crippen molar-refractivity contribution in [3.8, 4) is 0 Å². The molecule has 0 unspecified atom stereocenters. The minimum atomic E-state index is -0.724. The SMILES string of the molecule is [N-]=[N+]=NC[C@H]1CN(c2cc(F)c(C3=CCN(Cc4ccccc4)CC3)c(F)c2)C(=O)O1. The molecule has 0 bridgehead atoms. The Hall–Kier alpha value is -3.42. The molecule has 0 spiro atoms. The Morgan fingerprint density at radius 1 is 1.19 bits per heavy atom. The van der Waals surface area contributed by atoms with Gasteiger partial charge in [0.05, 0.1) is 18.8 Å². The van der Waals surface area contributed by atoms with Gasteiger partial charge in [-0.1, -0.05) is 41.5 Å². The molecule has 2 aromatic rings. The smallest absolute Gasteiger partial charge is 0.414 e. The third-order valence-corrected chi connectivity index (χ3v) is 5.42. The Bertz CT molecular complexity index is 1030. The van der Waals surface area contributed by atoms with E-state index < -0.39 is 23.8 Å². The number of amides is 1. The van der Waals surface area contributed by atoms with Crippen LogP contribution in [-0.4, -0.2) is 43.3 Å². The van der Waals surface area contributed by atoms with E-state index in [1.165, 1.54) is 5.56 Å². The van der Waals surface area contributed by atoms with E-state index in [-0.39, 0.29) is 24.3 Å². The van der Waals surface area contributed by atoms with E-state index >= 15 is 0 Å². The Labute approximate surface area is 178 Å². The van der Waals surface area contributed by atoms with Crippen molar-refractivity contribution in [2.75, 3.05) is 31.1 Å². The predicted molar refractivity (Wildman–Crippen MR) is 112 cm³/mol. The molecule has 2 aliphatic heterocycles. The third kappa shape index (κ3) is 4.68. The van der Waals surface area contributed by atoms with Gasteiger partial charge in [-0.15, -0.1) is 0 Å². The quantitative estimate of drug-likeness (QED) is 0.375. The number of anilines is 1. The highest BCUT2D eigenvalue weighted by molar-refractivity contribution is 5.90. The second kappa shape index (κ2) is 9.16. The Morgan fingerprint density at radius 3 is 2.58 bits per heavy atom. The van der Waals surface area contributed by atoms with Gasteiger partial charge in [0.1, 0.15) is 17.7 Å². The summed E-state index contributed by atoms with van der Waals surface area (Å²) in [6.45, 7) is 2.11. The summed E-state index contributed by atoms with van der Waals surface area (Å²) in [5.41, 5.74) is 10.2. The van der Waals surface area contributed by atoms with Crippen LogP contribution in [0.2, 0.25) is 0 Å². The van der Waals surface area contributed by atoms with E-state index in [0.717, 1.165) is 23.6 Å². The molecule has 31 heavy (non-hydrogen) atoms. The molecule has 0 radical (unpaired) electrons. The number of azide groups is 1. The van der Waals surface area contributed by atoms with Crippen LogP contribution < -0.4 is 4.90 Å². The minimum Gasteiger partial charge on any atom is -0.444 e. The van der Waals surface area contributed by atoms with Gasteiger partial charge in [0.25, 0.3) is 0 Å². The molecule has 2 aliphatic rings. The van der Waals surface area contributed by atoms with Gasteiger partial charge in [0.15, 0.2) is 0 Å². The van der Waals surface area contributed by atoms with E-state index in [1.54, 1.807) is 0 Å². The maximum Gasteiger partial charge on any atom is 0.414 e. The van der Waals surface area contributed by atoms with Crippen molar-refractivity contribution in [3.63, 3.8) is 0 Å². The van der Waals surface area contributed by atoms with E-state index in [4.69, 9.17) is 10.3 Å². The first-order chi connectivity index (χ1) is 15.0. The average molecular weight is 425 g/mol. The Morgan fingerprint density at radius 2 is 1.94 bits per heavy atom. The zero-order valence-electron chi connectivity index (χ0n) is 16.7. The molecule has 1 atom stereocenters. The lowest BCUT2D eigenvalue weighted by atomic mass is 9.97. The summed E-state index contributed by atoms with van der Waals surface area (Å²) in [6.07, 6.45) is 1.01. The largest absolute Gasteiger partial charge is 0.444 e. The van der Waals surface area contributed by atoms with E-state index in [9.17, 15) is 13.6 Å². The first-order valence-electron chi connectivity index (χ1n) is 9.99. The second-order valence-corrected chi connectivity index (χ2v) is 7.51. The number of halogens is 2. The molecular weight excluding hydrogens is 404 g/mol. The van der Waals surface area contributed by atoms with Gasteiger partial charge in [-0.2, -0.15) is 0 Å². The first-order valence-corrected chi connectivity index (χ1v) is 9.99. The summed E-state index contributed by atoms with van der Waals surface area (Å²) in [4.78, 5) is 18.0. The molecule has 0 aliphatic carbocycles. The number of rotatable bonds is 6. The molecule has 7 nitrogen and oxygen atoms in total. The molecule has 160 valence electrons. The van der Waals surface area contributed by atoms with Gasteiger partial charge in [-0.25, -0.2) is 13.6 Å². The molecule has 0 saturated carbocycles. The fraction of sp³-hybridized carbons (Fsp3) is 0.318. The number of ether oxygens (including phenoxy) is 1. The van der Waals surface area contributed by atoms with Crippen LogP contribution in [0.25, 0.3) is 16.0 Å². The predicted octanol–water partition coefficient (Wildman–Crippen LogP) is 4.89. The van der Waals surface area contributed by atoms with Crippen LogP contribution in [0, 0.1) is 11.6 Å². The highest BCUT2D eigenvalue weighted by Gasteiger charge is 2.33. The highest BCUT2D eigenvalue weighted by atomic mass is 19.1. The average Bonchev–Trinajstić information content (AvgIpc) is 3.14. The number of carbonyl (C=O) groups is 1. The van der Waals surface area contributed by atoms with Crippen molar-refractivity contribution in [2.24, 2.45) is 5.11 Å². The molecule has 9 heteroatoms. The van der Waals surface area contributed by atoms with Gasteiger partial charge >= 0.3 is 6.09 Å². The van der Waals surface area contributed by atoms with Gasteiger partial charge < -0.3 is 4.74 Å². The van der Waals surface area contributed by atoms with E-state index in [1.807, 2.05) is 24.3 Å². The summed E-state index contributed by atoms with van der Waals surface area (Å²) in [5, 5.41) is 3.38. The number of cyclic esters (lactones) is 1. The molecule has 2 aromatic carbocycles. The van der Waals surface area contributed by atoms with Crippen molar-refractivity contribution < 1.29 is 18.3 Å². The van der Waals surface area contributed by atoms with Crippen molar-refractivity contribution in [1.82, 2.24) is 4.90 Å². The lowest BCUT2D eigenvalue weighted by molar-refractivity contribution is 0.145. The molecule has 1 fully saturated rings. The van der Waals surface area contributed by atoms with Crippen molar-refractivity contribution in [2.45, 2.75) is 19.1 Å². The first kappa shape index (κ1) is 20.8. The maximum absolute atomic E-state index is 14.9. The van der Waals surface area contributed by atoms with Crippen molar-refractivity contribution in [3.05, 3.63) is 81.7 Å². The zero-order valence-corrected chi connectivity index (χ0v) is 16.7. The summed E-state index contributed by atoms with van der Waals surface area (Å²) in [5.74, 6) is -1.44. The second-order valence-electron chi connectivity index (χ2n) is 7.51. The number of benzene rings is 2. The fourth-order valence-corrected chi connectivity index (χ4v) is 3.90. The molecule has 2 heterocycles. The highest BCUT2D eigenvalue weighted by Crippen LogP contribution is 2.32. The molecule has 0 N–H and O–H groups in total. The maximum atomic E-state index is 14.9. The van der Waals surface area contributed by atoms with E-state index in [2.05, 4.69) is 27.1 Å².